The molecule has 1 heterocycles. The molecule has 0 atom stereocenters. The summed E-state index contributed by atoms with van der Waals surface area (Å²) in [6.07, 6.45) is 1.05. The van der Waals surface area contributed by atoms with Gasteiger partial charge in [0.05, 0.1) is 11.2 Å². The van der Waals surface area contributed by atoms with Crippen LogP contribution in [0, 0.1) is 5.92 Å². The molecule has 0 aliphatic carbocycles. The zero-order valence-corrected chi connectivity index (χ0v) is 16.1. The van der Waals surface area contributed by atoms with Gasteiger partial charge in [0.15, 0.2) is 0 Å². The van der Waals surface area contributed by atoms with E-state index in [1.807, 2.05) is 0 Å². The van der Waals surface area contributed by atoms with Crippen LogP contribution >= 0.6 is 12.4 Å². The third-order valence-corrected chi connectivity index (χ3v) is 4.65. The second-order valence-electron chi connectivity index (χ2n) is 7.68. The van der Waals surface area contributed by atoms with Crippen molar-refractivity contribution < 1.29 is 9.31 Å². The lowest BCUT2D eigenvalue weighted by atomic mass is 9.79. The first-order valence-electron chi connectivity index (χ1n) is 8.36. The number of halogens is 1. The molecular weight excluding hydrogens is 308 g/mol. The zero-order chi connectivity index (χ0) is 16.4. The molecule has 5 heteroatoms. The van der Waals surface area contributed by atoms with Crippen molar-refractivity contribution >= 4 is 25.0 Å². The molecule has 1 aliphatic rings. The van der Waals surface area contributed by atoms with Crippen molar-refractivity contribution in [2.75, 3.05) is 13.1 Å². The van der Waals surface area contributed by atoms with E-state index in [-0.39, 0.29) is 30.7 Å². The standard InChI is InChI=1S/C18H30BNO2.ClH/c1-14(2)13-20-12-11-15-7-9-16(10-8-15)19-21-17(3,4)18(5,6)22-19;/h7-10,14,20H,11-13H2,1-6H3;1H. The summed E-state index contributed by atoms with van der Waals surface area (Å²) in [5.74, 6) is 0.700. The predicted molar refractivity (Wildman–Crippen MR) is 101 cm³/mol. The lowest BCUT2D eigenvalue weighted by Crippen LogP contribution is -2.41. The van der Waals surface area contributed by atoms with Crippen molar-refractivity contribution in [3.05, 3.63) is 29.8 Å². The van der Waals surface area contributed by atoms with Gasteiger partial charge >= 0.3 is 7.12 Å². The first-order chi connectivity index (χ1) is 10.2. The molecule has 130 valence electrons. The Morgan fingerprint density at radius 2 is 1.52 bits per heavy atom. The third-order valence-electron chi connectivity index (χ3n) is 4.65. The summed E-state index contributed by atoms with van der Waals surface area (Å²) in [4.78, 5) is 0. The van der Waals surface area contributed by atoms with Crippen LogP contribution < -0.4 is 10.8 Å². The molecule has 1 aliphatic heterocycles. The summed E-state index contributed by atoms with van der Waals surface area (Å²) in [5, 5.41) is 3.48. The summed E-state index contributed by atoms with van der Waals surface area (Å²) in [6.45, 7) is 14.9. The maximum absolute atomic E-state index is 6.08. The van der Waals surface area contributed by atoms with E-state index in [2.05, 4.69) is 71.1 Å². The maximum atomic E-state index is 6.08. The smallest absolute Gasteiger partial charge is 0.399 e. The molecule has 0 spiro atoms. The topological polar surface area (TPSA) is 30.5 Å². The van der Waals surface area contributed by atoms with E-state index in [9.17, 15) is 0 Å². The third kappa shape index (κ3) is 5.22. The van der Waals surface area contributed by atoms with Crippen LogP contribution in [0.4, 0.5) is 0 Å². The van der Waals surface area contributed by atoms with Gasteiger partial charge in [-0.15, -0.1) is 12.4 Å². The van der Waals surface area contributed by atoms with Crippen molar-refractivity contribution in [2.24, 2.45) is 5.92 Å². The Morgan fingerprint density at radius 1 is 1.00 bits per heavy atom. The number of rotatable bonds is 6. The molecule has 2 rings (SSSR count). The normalized spacial score (nSPS) is 19.0. The van der Waals surface area contributed by atoms with Gasteiger partial charge in [-0.25, -0.2) is 0 Å². The maximum Gasteiger partial charge on any atom is 0.494 e. The van der Waals surface area contributed by atoms with Crippen LogP contribution in [-0.2, 0) is 15.7 Å². The quantitative estimate of drug-likeness (QED) is 0.638. The average molecular weight is 340 g/mol. The van der Waals surface area contributed by atoms with Gasteiger partial charge in [-0.2, -0.15) is 0 Å². The molecule has 0 bridgehead atoms. The lowest BCUT2D eigenvalue weighted by molar-refractivity contribution is 0.00578. The van der Waals surface area contributed by atoms with Crippen LogP contribution in [-0.4, -0.2) is 31.4 Å². The number of benzene rings is 1. The van der Waals surface area contributed by atoms with Crippen LogP contribution in [0.5, 0.6) is 0 Å². The van der Waals surface area contributed by atoms with Crippen LogP contribution in [0.1, 0.15) is 47.1 Å². The Hall–Kier alpha value is -0.545. The van der Waals surface area contributed by atoms with E-state index in [0.29, 0.717) is 5.92 Å². The fraction of sp³-hybridized carbons (Fsp3) is 0.667. The highest BCUT2D eigenvalue weighted by atomic mass is 35.5. The predicted octanol–water partition coefficient (Wildman–Crippen LogP) is 3.20. The molecule has 3 nitrogen and oxygen atoms in total. The molecule has 0 amide bonds. The van der Waals surface area contributed by atoms with Crippen molar-refractivity contribution in [2.45, 2.75) is 59.2 Å². The SMILES string of the molecule is CC(C)CNCCc1ccc(B2OC(C)(C)C(C)(C)O2)cc1.Cl. The van der Waals surface area contributed by atoms with Crippen LogP contribution in [0.15, 0.2) is 24.3 Å². The minimum Gasteiger partial charge on any atom is -0.399 e. The Morgan fingerprint density at radius 3 is 2.00 bits per heavy atom. The highest BCUT2D eigenvalue weighted by molar-refractivity contribution is 6.62. The van der Waals surface area contributed by atoms with Crippen LogP contribution in [0.2, 0.25) is 0 Å². The lowest BCUT2D eigenvalue weighted by Gasteiger charge is -2.32. The Bertz CT molecular complexity index is 472. The van der Waals surface area contributed by atoms with Crippen molar-refractivity contribution in [1.29, 1.82) is 0 Å². The van der Waals surface area contributed by atoms with Gasteiger partial charge in [-0.1, -0.05) is 38.1 Å². The molecule has 1 aromatic rings. The first kappa shape index (κ1) is 20.5. The second-order valence-corrected chi connectivity index (χ2v) is 7.68. The molecular formula is C18H31BClNO2. The van der Waals surface area contributed by atoms with E-state index in [0.717, 1.165) is 25.0 Å². The molecule has 1 fully saturated rings. The van der Waals surface area contributed by atoms with E-state index >= 15 is 0 Å². The monoisotopic (exact) mass is 339 g/mol. The Balaban J connectivity index is 0.00000264. The van der Waals surface area contributed by atoms with E-state index in [1.165, 1.54) is 5.56 Å². The molecule has 23 heavy (non-hydrogen) atoms. The Labute approximate surface area is 148 Å². The summed E-state index contributed by atoms with van der Waals surface area (Å²) in [6, 6.07) is 8.61. The van der Waals surface area contributed by atoms with Crippen molar-refractivity contribution in [1.82, 2.24) is 5.32 Å². The molecule has 1 aromatic carbocycles. The highest BCUT2D eigenvalue weighted by Crippen LogP contribution is 2.36. The average Bonchev–Trinajstić information content (AvgIpc) is 2.64. The summed E-state index contributed by atoms with van der Waals surface area (Å²) in [7, 11) is -0.266. The van der Waals surface area contributed by atoms with Crippen LogP contribution in [0.25, 0.3) is 0 Å². The minimum atomic E-state index is -0.281. The summed E-state index contributed by atoms with van der Waals surface area (Å²) < 4.78 is 12.2. The van der Waals surface area contributed by atoms with E-state index < -0.39 is 0 Å². The minimum absolute atomic E-state index is 0. The van der Waals surface area contributed by atoms with Crippen molar-refractivity contribution in [3.63, 3.8) is 0 Å². The molecule has 1 N–H and O–H groups in total. The number of nitrogens with one attached hydrogen (secondary N) is 1. The highest BCUT2D eigenvalue weighted by Gasteiger charge is 2.51. The van der Waals surface area contributed by atoms with E-state index in [1.54, 1.807) is 0 Å². The van der Waals surface area contributed by atoms with Gasteiger partial charge in [-0.05, 0) is 64.1 Å². The van der Waals surface area contributed by atoms with Gasteiger partial charge in [0, 0.05) is 0 Å². The molecule has 0 saturated carbocycles. The molecule has 1 saturated heterocycles. The van der Waals surface area contributed by atoms with Gasteiger partial charge < -0.3 is 14.6 Å². The van der Waals surface area contributed by atoms with Gasteiger partial charge in [0.2, 0.25) is 0 Å². The number of hydrogen-bond acceptors (Lipinski definition) is 3. The molecule has 0 aromatic heterocycles. The van der Waals surface area contributed by atoms with Crippen LogP contribution in [0.3, 0.4) is 0 Å². The summed E-state index contributed by atoms with van der Waals surface area (Å²) in [5.41, 5.74) is 1.88. The second kappa shape index (κ2) is 8.02. The summed E-state index contributed by atoms with van der Waals surface area (Å²) >= 11 is 0. The Kier molecular flexibility index (Phi) is 7.15. The van der Waals surface area contributed by atoms with Gasteiger partial charge in [0.25, 0.3) is 0 Å². The largest absolute Gasteiger partial charge is 0.494 e. The zero-order valence-electron chi connectivity index (χ0n) is 15.3. The van der Waals surface area contributed by atoms with Gasteiger partial charge in [-0.3, -0.25) is 0 Å². The fourth-order valence-corrected chi connectivity index (χ4v) is 2.44. The molecule has 0 unspecified atom stereocenters. The van der Waals surface area contributed by atoms with Gasteiger partial charge in [0.1, 0.15) is 0 Å². The van der Waals surface area contributed by atoms with Crippen molar-refractivity contribution in [3.8, 4) is 0 Å². The number of hydrogen-bond donors (Lipinski definition) is 1. The first-order valence-corrected chi connectivity index (χ1v) is 8.36. The van der Waals surface area contributed by atoms with E-state index in [4.69, 9.17) is 9.31 Å². The fourth-order valence-electron chi connectivity index (χ4n) is 2.44. The molecule has 0 radical (unpaired) electrons.